The predicted octanol–water partition coefficient (Wildman–Crippen LogP) is 4.94. The SMILES string of the molecule is CC(=O)Nc1cc(-c2[nH]c3c(c2Nc2ccccc2)C(=O)CC(/C=C/CCC(=O)O)C3)ccn1. The molecule has 1 aliphatic carbocycles. The average Bonchev–Trinajstić information content (AvgIpc) is 3.16. The van der Waals surface area contributed by atoms with Gasteiger partial charge in [-0.2, -0.15) is 0 Å². The van der Waals surface area contributed by atoms with Crippen LogP contribution in [0.2, 0.25) is 0 Å². The maximum absolute atomic E-state index is 13.2. The summed E-state index contributed by atoms with van der Waals surface area (Å²) in [6.45, 7) is 1.42. The Morgan fingerprint density at radius 3 is 2.74 bits per heavy atom. The molecular formula is C26H26N4O4. The standard InChI is InChI=1S/C26H26N4O4/c1-16(31)28-22-15-18(11-12-27-22)25-26(29-19-8-3-2-4-9-19)24-20(30-25)13-17(14-21(24)32)7-5-6-10-23(33)34/h2-5,7-9,11-12,15,17,29-30H,6,10,13-14H2,1H3,(H,33,34)(H,27,28,31)/b7-5+. The molecule has 1 atom stereocenters. The highest BCUT2D eigenvalue weighted by atomic mass is 16.4. The number of ketones is 1. The predicted molar refractivity (Wildman–Crippen MR) is 130 cm³/mol. The second-order valence-electron chi connectivity index (χ2n) is 8.28. The van der Waals surface area contributed by atoms with Gasteiger partial charge in [0.25, 0.3) is 0 Å². The lowest BCUT2D eigenvalue weighted by Gasteiger charge is -2.19. The van der Waals surface area contributed by atoms with Crippen LogP contribution in [0.5, 0.6) is 0 Å². The fourth-order valence-electron chi connectivity index (χ4n) is 4.16. The average molecular weight is 459 g/mol. The fourth-order valence-corrected chi connectivity index (χ4v) is 4.16. The summed E-state index contributed by atoms with van der Waals surface area (Å²) < 4.78 is 0. The van der Waals surface area contributed by atoms with Crippen molar-refractivity contribution in [2.45, 2.75) is 32.6 Å². The Morgan fingerprint density at radius 1 is 1.21 bits per heavy atom. The third-order valence-electron chi connectivity index (χ3n) is 5.60. The number of aromatic amines is 1. The van der Waals surface area contributed by atoms with Gasteiger partial charge in [0.2, 0.25) is 5.91 Å². The summed E-state index contributed by atoms with van der Waals surface area (Å²) in [4.78, 5) is 43.1. The number of aliphatic carboxylic acids is 1. The Labute approximate surface area is 197 Å². The van der Waals surface area contributed by atoms with Gasteiger partial charge >= 0.3 is 5.97 Å². The number of fused-ring (bicyclic) bond motifs is 1. The lowest BCUT2D eigenvalue weighted by molar-refractivity contribution is -0.136. The van der Waals surface area contributed by atoms with Crippen LogP contribution < -0.4 is 10.6 Å². The van der Waals surface area contributed by atoms with Gasteiger partial charge in [-0.3, -0.25) is 14.4 Å². The number of benzene rings is 1. The molecule has 1 aromatic carbocycles. The molecule has 4 N–H and O–H groups in total. The maximum Gasteiger partial charge on any atom is 0.303 e. The zero-order chi connectivity index (χ0) is 24.1. The molecule has 0 radical (unpaired) electrons. The summed E-state index contributed by atoms with van der Waals surface area (Å²) in [5.41, 5.74) is 4.53. The molecule has 4 rings (SSSR count). The molecule has 3 aromatic rings. The number of allylic oxidation sites excluding steroid dienone is 2. The Kier molecular flexibility index (Phi) is 6.87. The zero-order valence-electron chi connectivity index (χ0n) is 18.8. The van der Waals surface area contributed by atoms with E-state index >= 15 is 0 Å². The Morgan fingerprint density at radius 2 is 2.00 bits per heavy atom. The molecule has 1 unspecified atom stereocenters. The topological polar surface area (TPSA) is 124 Å². The molecule has 8 heteroatoms. The number of para-hydroxylation sites is 1. The number of carboxylic acid groups (broad SMARTS) is 1. The highest BCUT2D eigenvalue weighted by Crippen LogP contribution is 2.40. The molecule has 2 heterocycles. The molecular weight excluding hydrogens is 432 g/mol. The van der Waals surface area contributed by atoms with Crippen LogP contribution in [0.3, 0.4) is 0 Å². The first-order valence-electron chi connectivity index (χ1n) is 11.1. The highest BCUT2D eigenvalue weighted by Gasteiger charge is 2.31. The van der Waals surface area contributed by atoms with E-state index in [2.05, 4.69) is 20.6 Å². The molecule has 2 aromatic heterocycles. The van der Waals surface area contributed by atoms with Gasteiger partial charge in [-0.25, -0.2) is 4.98 Å². The molecule has 0 spiro atoms. The Balaban J connectivity index is 1.71. The van der Waals surface area contributed by atoms with E-state index in [9.17, 15) is 14.4 Å². The van der Waals surface area contributed by atoms with Gasteiger partial charge in [0.05, 0.1) is 16.9 Å². The van der Waals surface area contributed by atoms with Crippen LogP contribution in [0.4, 0.5) is 17.2 Å². The van der Waals surface area contributed by atoms with Crippen LogP contribution in [0.1, 0.15) is 42.2 Å². The van der Waals surface area contributed by atoms with Crippen molar-refractivity contribution < 1.29 is 19.5 Å². The molecule has 0 saturated heterocycles. The molecule has 0 aliphatic heterocycles. The summed E-state index contributed by atoms with van der Waals surface area (Å²) in [6, 6.07) is 13.2. The molecule has 0 saturated carbocycles. The summed E-state index contributed by atoms with van der Waals surface area (Å²) in [5, 5.41) is 14.9. The molecule has 0 fully saturated rings. The van der Waals surface area contributed by atoms with Gasteiger partial charge in [0.1, 0.15) is 5.82 Å². The Hall–Kier alpha value is -4.20. The number of rotatable bonds is 8. The van der Waals surface area contributed by atoms with Gasteiger partial charge in [0.15, 0.2) is 5.78 Å². The van der Waals surface area contributed by atoms with Crippen molar-refractivity contribution in [3.63, 3.8) is 0 Å². The van der Waals surface area contributed by atoms with E-state index in [1.807, 2.05) is 48.6 Å². The minimum absolute atomic E-state index is 0.00255. The number of carbonyl (C=O) groups excluding carboxylic acids is 2. The van der Waals surface area contributed by atoms with Crippen LogP contribution in [-0.2, 0) is 16.0 Å². The number of amides is 1. The normalized spacial score (nSPS) is 15.2. The van der Waals surface area contributed by atoms with E-state index in [1.54, 1.807) is 12.3 Å². The minimum Gasteiger partial charge on any atom is -0.481 e. The summed E-state index contributed by atoms with van der Waals surface area (Å²) in [6.07, 6.45) is 6.89. The number of hydrogen-bond donors (Lipinski definition) is 4. The number of carboxylic acids is 1. The van der Waals surface area contributed by atoms with E-state index in [4.69, 9.17) is 5.11 Å². The van der Waals surface area contributed by atoms with E-state index in [1.165, 1.54) is 6.92 Å². The van der Waals surface area contributed by atoms with Crippen molar-refractivity contribution in [3.8, 4) is 11.3 Å². The number of nitrogens with one attached hydrogen (secondary N) is 3. The maximum atomic E-state index is 13.2. The smallest absolute Gasteiger partial charge is 0.303 e. The van der Waals surface area contributed by atoms with Gasteiger partial charge in [-0.1, -0.05) is 30.4 Å². The third-order valence-corrected chi connectivity index (χ3v) is 5.60. The van der Waals surface area contributed by atoms with Gasteiger partial charge in [0, 0.05) is 42.9 Å². The van der Waals surface area contributed by atoms with Crippen molar-refractivity contribution >= 4 is 34.9 Å². The van der Waals surface area contributed by atoms with Gasteiger partial charge < -0.3 is 20.7 Å². The lowest BCUT2D eigenvalue weighted by Crippen LogP contribution is -2.18. The number of Topliss-reactive ketones (excluding diaryl/α,β-unsaturated/α-hetero) is 1. The van der Waals surface area contributed by atoms with E-state index in [-0.39, 0.29) is 24.0 Å². The van der Waals surface area contributed by atoms with E-state index < -0.39 is 5.97 Å². The van der Waals surface area contributed by atoms with Gasteiger partial charge in [-0.15, -0.1) is 0 Å². The second-order valence-corrected chi connectivity index (χ2v) is 8.28. The minimum atomic E-state index is -0.840. The van der Waals surface area contributed by atoms with E-state index in [0.29, 0.717) is 36.3 Å². The van der Waals surface area contributed by atoms with Crippen molar-refractivity contribution in [1.82, 2.24) is 9.97 Å². The van der Waals surface area contributed by atoms with Crippen LogP contribution in [0, 0.1) is 5.92 Å². The molecule has 8 nitrogen and oxygen atoms in total. The number of nitrogens with zero attached hydrogens (tertiary/aromatic N) is 1. The van der Waals surface area contributed by atoms with Crippen LogP contribution >= 0.6 is 0 Å². The fraction of sp³-hybridized carbons (Fsp3) is 0.231. The first-order valence-corrected chi connectivity index (χ1v) is 11.1. The largest absolute Gasteiger partial charge is 0.481 e. The number of anilines is 3. The first kappa shape index (κ1) is 23.0. The van der Waals surface area contributed by atoms with Crippen molar-refractivity contribution in [1.29, 1.82) is 0 Å². The van der Waals surface area contributed by atoms with Gasteiger partial charge in [-0.05, 0) is 43.0 Å². The van der Waals surface area contributed by atoms with E-state index in [0.717, 1.165) is 22.6 Å². The number of H-pyrrole nitrogens is 1. The highest BCUT2D eigenvalue weighted by molar-refractivity contribution is 6.07. The quantitative estimate of drug-likeness (QED) is 0.354. The molecule has 174 valence electrons. The van der Waals surface area contributed by atoms with Crippen LogP contribution in [0.25, 0.3) is 11.3 Å². The van der Waals surface area contributed by atoms with Crippen LogP contribution in [-0.4, -0.2) is 32.7 Å². The van der Waals surface area contributed by atoms with Crippen LogP contribution in [0.15, 0.2) is 60.8 Å². The van der Waals surface area contributed by atoms with Crippen molar-refractivity contribution in [2.24, 2.45) is 5.92 Å². The monoisotopic (exact) mass is 458 g/mol. The summed E-state index contributed by atoms with van der Waals surface area (Å²) in [7, 11) is 0. The molecule has 0 bridgehead atoms. The second kappa shape index (κ2) is 10.2. The number of carbonyl (C=O) groups is 3. The number of aromatic nitrogens is 2. The summed E-state index contributed by atoms with van der Waals surface area (Å²) in [5.74, 6) is -0.615. The molecule has 1 aliphatic rings. The first-order chi connectivity index (χ1) is 16.4. The van der Waals surface area contributed by atoms with Crippen molar-refractivity contribution in [3.05, 3.63) is 72.1 Å². The number of hydrogen-bond acceptors (Lipinski definition) is 5. The lowest BCUT2D eigenvalue weighted by atomic mass is 9.85. The zero-order valence-corrected chi connectivity index (χ0v) is 18.8. The Bertz CT molecular complexity index is 1250. The molecule has 34 heavy (non-hydrogen) atoms. The number of pyridine rings is 1. The summed E-state index contributed by atoms with van der Waals surface area (Å²) >= 11 is 0. The van der Waals surface area contributed by atoms with Crippen molar-refractivity contribution in [2.75, 3.05) is 10.6 Å². The third kappa shape index (κ3) is 5.40. The molecule has 1 amide bonds.